The molecule has 1 aliphatic heterocycles. The lowest BCUT2D eigenvalue weighted by Crippen LogP contribution is -2.23. The molecule has 5 heteroatoms. The summed E-state index contributed by atoms with van der Waals surface area (Å²) in [7, 11) is 0. The Balaban J connectivity index is 1.74. The summed E-state index contributed by atoms with van der Waals surface area (Å²) in [5.74, 6) is -0.739. The first-order chi connectivity index (χ1) is 9.13. The van der Waals surface area contributed by atoms with Crippen LogP contribution in [0.4, 0.5) is 0 Å². The number of imidazole rings is 1. The molecule has 3 rings (SSSR count). The molecular formula is C14H17N3O2. The fourth-order valence-corrected chi connectivity index (χ4v) is 2.81. The second-order valence-electron chi connectivity index (χ2n) is 5.31. The standard InChI is InChI=1S/C14H17N3O2/c1-10-6-16(9-12(10)14(18)19)7-11-8-17-5-3-2-4-13(17)15-11/h2-5,8,10,12H,6-7,9H2,1H3,(H,18,19). The zero-order chi connectivity index (χ0) is 13.4. The highest BCUT2D eigenvalue weighted by Gasteiger charge is 2.34. The monoisotopic (exact) mass is 259 g/mol. The van der Waals surface area contributed by atoms with Crippen LogP contribution in [0.2, 0.25) is 0 Å². The summed E-state index contributed by atoms with van der Waals surface area (Å²) in [6.45, 7) is 4.16. The van der Waals surface area contributed by atoms with Crippen molar-refractivity contribution < 1.29 is 9.90 Å². The van der Waals surface area contributed by atoms with Crippen molar-refractivity contribution in [3.05, 3.63) is 36.3 Å². The van der Waals surface area contributed by atoms with Gasteiger partial charge < -0.3 is 9.51 Å². The Morgan fingerprint density at radius 1 is 1.47 bits per heavy atom. The van der Waals surface area contributed by atoms with E-state index in [2.05, 4.69) is 9.88 Å². The Morgan fingerprint density at radius 3 is 3.00 bits per heavy atom. The minimum Gasteiger partial charge on any atom is -0.481 e. The molecule has 0 aromatic carbocycles. The Hall–Kier alpha value is -1.88. The van der Waals surface area contributed by atoms with Gasteiger partial charge in [-0.3, -0.25) is 9.69 Å². The van der Waals surface area contributed by atoms with Gasteiger partial charge in [0, 0.05) is 32.0 Å². The van der Waals surface area contributed by atoms with E-state index in [-0.39, 0.29) is 11.8 Å². The molecule has 2 aromatic heterocycles. The van der Waals surface area contributed by atoms with Gasteiger partial charge in [0.05, 0.1) is 11.6 Å². The highest BCUT2D eigenvalue weighted by molar-refractivity contribution is 5.71. The fraction of sp³-hybridized carbons (Fsp3) is 0.429. The number of nitrogens with zero attached hydrogens (tertiary/aromatic N) is 3. The molecule has 2 aromatic rings. The summed E-state index contributed by atoms with van der Waals surface area (Å²) < 4.78 is 1.99. The second kappa shape index (κ2) is 4.66. The van der Waals surface area contributed by atoms with Gasteiger partial charge in [0.2, 0.25) is 0 Å². The molecule has 100 valence electrons. The Morgan fingerprint density at radius 2 is 2.32 bits per heavy atom. The van der Waals surface area contributed by atoms with Gasteiger partial charge in [-0.05, 0) is 18.1 Å². The van der Waals surface area contributed by atoms with Gasteiger partial charge in [-0.2, -0.15) is 0 Å². The molecule has 0 spiro atoms. The zero-order valence-corrected chi connectivity index (χ0v) is 10.9. The van der Waals surface area contributed by atoms with Crippen molar-refractivity contribution in [2.24, 2.45) is 11.8 Å². The lowest BCUT2D eigenvalue weighted by atomic mass is 9.99. The van der Waals surface area contributed by atoms with Crippen molar-refractivity contribution in [2.75, 3.05) is 13.1 Å². The highest BCUT2D eigenvalue weighted by Crippen LogP contribution is 2.24. The maximum absolute atomic E-state index is 11.1. The summed E-state index contributed by atoms with van der Waals surface area (Å²) in [6.07, 6.45) is 3.98. The first-order valence-electron chi connectivity index (χ1n) is 6.51. The number of hydrogen-bond acceptors (Lipinski definition) is 3. The van der Waals surface area contributed by atoms with Crippen molar-refractivity contribution in [3.63, 3.8) is 0 Å². The van der Waals surface area contributed by atoms with Gasteiger partial charge >= 0.3 is 5.97 Å². The summed E-state index contributed by atoms with van der Waals surface area (Å²) in [5.41, 5.74) is 1.92. The molecule has 1 N–H and O–H groups in total. The molecule has 1 aliphatic rings. The minimum atomic E-state index is -0.690. The van der Waals surface area contributed by atoms with Crippen LogP contribution in [0.1, 0.15) is 12.6 Å². The molecule has 5 nitrogen and oxygen atoms in total. The van der Waals surface area contributed by atoms with Crippen LogP contribution in [0.3, 0.4) is 0 Å². The van der Waals surface area contributed by atoms with Gasteiger partial charge in [-0.25, -0.2) is 4.98 Å². The van der Waals surface area contributed by atoms with E-state index in [0.29, 0.717) is 6.54 Å². The molecular weight excluding hydrogens is 242 g/mol. The molecule has 19 heavy (non-hydrogen) atoms. The molecule has 0 aliphatic carbocycles. The van der Waals surface area contributed by atoms with Gasteiger partial charge in [0.15, 0.2) is 0 Å². The van der Waals surface area contributed by atoms with Crippen molar-refractivity contribution in [1.82, 2.24) is 14.3 Å². The number of fused-ring (bicyclic) bond motifs is 1. The SMILES string of the molecule is CC1CN(Cc2cn3ccccc3n2)CC1C(=O)O. The molecule has 1 fully saturated rings. The second-order valence-corrected chi connectivity index (χ2v) is 5.31. The first kappa shape index (κ1) is 12.2. The molecule has 0 amide bonds. The number of pyridine rings is 1. The van der Waals surface area contributed by atoms with Crippen molar-refractivity contribution in [1.29, 1.82) is 0 Å². The normalized spacial score (nSPS) is 24.1. The van der Waals surface area contributed by atoms with Gasteiger partial charge in [0.25, 0.3) is 0 Å². The maximum Gasteiger partial charge on any atom is 0.308 e. The largest absolute Gasteiger partial charge is 0.481 e. The van der Waals surface area contributed by atoms with Crippen LogP contribution in [0.15, 0.2) is 30.6 Å². The summed E-state index contributed by atoms with van der Waals surface area (Å²) >= 11 is 0. The fourth-order valence-electron chi connectivity index (χ4n) is 2.81. The lowest BCUT2D eigenvalue weighted by molar-refractivity contribution is -0.142. The van der Waals surface area contributed by atoms with E-state index in [1.165, 1.54) is 0 Å². The molecule has 2 unspecified atom stereocenters. The van der Waals surface area contributed by atoms with Crippen LogP contribution in [0.5, 0.6) is 0 Å². The van der Waals surface area contributed by atoms with E-state index in [1.807, 2.05) is 41.9 Å². The highest BCUT2D eigenvalue weighted by atomic mass is 16.4. The number of carboxylic acid groups (broad SMARTS) is 1. The van der Waals surface area contributed by atoms with E-state index in [4.69, 9.17) is 5.11 Å². The maximum atomic E-state index is 11.1. The number of rotatable bonds is 3. The van der Waals surface area contributed by atoms with E-state index in [0.717, 1.165) is 24.4 Å². The number of aliphatic carboxylic acids is 1. The average molecular weight is 259 g/mol. The van der Waals surface area contributed by atoms with E-state index >= 15 is 0 Å². The first-order valence-corrected chi connectivity index (χ1v) is 6.51. The summed E-state index contributed by atoms with van der Waals surface area (Å²) in [6, 6.07) is 5.90. The van der Waals surface area contributed by atoms with Crippen molar-refractivity contribution >= 4 is 11.6 Å². The van der Waals surface area contributed by atoms with Crippen LogP contribution in [-0.2, 0) is 11.3 Å². The number of carbonyl (C=O) groups is 1. The quantitative estimate of drug-likeness (QED) is 0.907. The van der Waals surface area contributed by atoms with Crippen LogP contribution in [0.25, 0.3) is 5.65 Å². The van der Waals surface area contributed by atoms with Crippen LogP contribution < -0.4 is 0 Å². The number of carboxylic acids is 1. The molecule has 0 radical (unpaired) electrons. The van der Waals surface area contributed by atoms with Crippen LogP contribution >= 0.6 is 0 Å². The van der Waals surface area contributed by atoms with Crippen LogP contribution in [-0.4, -0.2) is 38.4 Å². The average Bonchev–Trinajstić information content (AvgIpc) is 2.92. The Kier molecular flexibility index (Phi) is 2.98. The van der Waals surface area contributed by atoms with E-state index in [9.17, 15) is 4.79 Å². The number of hydrogen-bond donors (Lipinski definition) is 1. The van der Waals surface area contributed by atoms with Gasteiger partial charge in [0.1, 0.15) is 5.65 Å². The molecule has 3 heterocycles. The number of likely N-dealkylation sites (tertiary alicyclic amines) is 1. The molecule has 0 bridgehead atoms. The van der Waals surface area contributed by atoms with Gasteiger partial charge in [-0.1, -0.05) is 13.0 Å². The third-order valence-corrected chi connectivity index (χ3v) is 3.80. The minimum absolute atomic E-state index is 0.203. The molecule has 2 atom stereocenters. The zero-order valence-electron chi connectivity index (χ0n) is 10.9. The van der Waals surface area contributed by atoms with Crippen molar-refractivity contribution in [2.45, 2.75) is 13.5 Å². The third-order valence-electron chi connectivity index (χ3n) is 3.80. The van der Waals surface area contributed by atoms with Crippen molar-refractivity contribution in [3.8, 4) is 0 Å². The third kappa shape index (κ3) is 2.33. The summed E-state index contributed by atoms with van der Waals surface area (Å²) in [4.78, 5) is 17.8. The number of aromatic nitrogens is 2. The summed E-state index contributed by atoms with van der Waals surface area (Å²) in [5, 5.41) is 9.14. The molecule has 0 saturated carbocycles. The predicted octanol–water partition coefficient (Wildman–Crippen LogP) is 1.49. The predicted molar refractivity (Wildman–Crippen MR) is 70.8 cm³/mol. The lowest BCUT2D eigenvalue weighted by Gasteiger charge is -2.12. The molecule has 1 saturated heterocycles. The Labute approximate surface area is 111 Å². The van der Waals surface area contributed by atoms with E-state index < -0.39 is 5.97 Å². The van der Waals surface area contributed by atoms with E-state index in [1.54, 1.807) is 0 Å². The van der Waals surface area contributed by atoms with Crippen LogP contribution in [0, 0.1) is 11.8 Å². The topological polar surface area (TPSA) is 57.8 Å². The van der Waals surface area contributed by atoms with Gasteiger partial charge in [-0.15, -0.1) is 0 Å². The smallest absolute Gasteiger partial charge is 0.308 e. The Bertz CT molecular complexity index is 575.